The number of hydrogen-bond acceptors (Lipinski definition) is 2. The van der Waals surface area contributed by atoms with Gasteiger partial charge in [0.1, 0.15) is 0 Å². The van der Waals surface area contributed by atoms with Crippen molar-refractivity contribution in [3.8, 4) is 0 Å². The second-order valence-electron chi connectivity index (χ2n) is 9.53. The Bertz CT molecular complexity index is 873. The molecule has 0 unspecified atom stereocenters. The largest absolute Gasteiger partial charge is 0.326 e. The van der Waals surface area contributed by atoms with Crippen molar-refractivity contribution in [1.82, 2.24) is 0 Å². The molecule has 0 fully saturated rings. The van der Waals surface area contributed by atoms with Crippen molar-refractivity contribution in [2.75, 3.05) is 16.8 Å². The first-order valence-corrected chi connectivity index (χ1v) is 10.2. The summed E-state index contributed by atoms with van der Waals surface area (Å²) in [5.41, 5.74) is 3.72. The minimum Gasteiger partial charge on any atom is -0.326 e. The number of anilines is 2. The monoisotopic (exact) mass is 394 g/mol. The fourth-order valence-corrected chi connectivity index (χ4v) is 3.46. The molecule has 4 nitrogen and oxygen atoms in total. The average Bonchev–Trinajstić information content (AvgIpc) is 2.60. The predicted octanol–water partition coefficient (Wildman–Crippen LogP) is 5.66. The Morgan fingerprint density at radius 2 is 1.34 bits per heavy atom. The van der Waals surface area contributed by atoms with Gasteiger partial charge in [-0.3, -0.25) is 9.59 Å². The molecule has 0 aliphatic rings. The van der Waals surface area contributed by atoms with E-state index in [4.69, 9.17) is 0 Å². The van der Waals surface area contributed by atoms with Crippen molar-refractivity contribution >= 4 is 23.2 Å². The number of carbonyl (C=O) groups is 2. The Kier molecular flexibility index (Phi) is 6.89. The summed E-state index contributed by atoms with van der Waals surface area (Å²) < 4.78 is 0. The minimum absolute atomic E-state index is 0.0652. The number of nitrogens with zero attached hydrogens (tertiary/aromatic N) is 1. The third-order valence-electron chi connectivity index (χ3n) is 4.95. The number of hydrogen-bond donors (Lipinski definition) is 1. The number of rotatable bonds is 5. The van der Waals surface area contributed by atoms with Gasteiger partial charge in [-0.25, -0.2) is 0 Å². The minimum atomic E-state index is -0.0990. The quantitative estimate of drug-likeness (QED) is 0.711. The Morgan fingerprint density at radius 1 is 0.828 bits per heavy atom. The number of amides is 2. The molecule has 0 saturated heterocycles. The first-order chi connectivity index (χ1) is 13.4. The standard InChI is InChI=1S/C25H34N2O2/c1-18(28)27(22-15-11-9-13-20(22)25(5,6)7)17-16-23(29)26-21-14-10-8-12-19(21)24(2,3)4/h8-15H,16-17H2,1-7H3,(H,26,29). The molecular weight excluding hydrogens is 360 g/mol. The van der Waals surface area contributed by atoms with Gasteiger partial charge in [-0.05, 0) is 34.1 Å². The summed E-state index contributed by atoms with van der Waals surface area (Å²) in [7, 11) is 0. The molecule has 0 aromatic heterocycles. The first kappa shape index (κ1) is 22.7. The highest BCUT2D eigenvalue weighted by molar-refractivity contribution is 5.95. The summed E-state index contributed by atoms with van der Waals surface area (Å²) in [6.45, 7) is 14.6. The first-order valence-electron chi connectivity index (χ1n) is 10.2. The van der Waals surface area contributed by atoms with Gasteiger partial charge in [0, 0.05) is 31.3 Å². The summed E-state index contributed by atoms with van der Waals surface area (Å²) in [4.78, 5) is 26.8. The van der Waals surface area contributed by atoms with Crippen molar-refractivity contribution in [2.24, 2.45) is 0 Å². The molecule has 0 atom stereocenters. The van der Waals surface area contributed by atoms with E-state index >= 15 is 0 Å². The van der Waals surface area contributed by atoms with E-state index in [-0.39, 0.29) is 29.1 Å². The van der Waals surface area contributed by atoms with Crippen molar-refractivity contribution in [2.45, 2.75) is 65.7 Å². The maximum absolute atomic E-state index is 12.7. The zero-order valence-electron chi connectivity index (χ0n) is 18.8. The van der Waals surface area contributed by atoms with Gasteiger partial charge >= 0.3 is 0 Å². The van der Waals surface area contributed by atoms with Crippen LogP contribution in [0.25, 0.3) is 0 Å². The lowest BCUT2D eigenvalue weighted by Gasteiger charge is -2.29. The zero-order chi connectivity index (χ0) is 21.8. The van der Waals surface area contributed by atoms with Crippen molar-refractivity contribution in [3.05, 3.63) is 59.7 Å². The molecule has 0 aliphatic carbocycles. The maximum atomic E-state index is 12.7. The van der Waals surface area contributed by atoms with Crippen molar-refractivity contribution in [3.63, 3.8) is 0 Å². The summed E-state index contributed by atoms with van der Waals surface area (Å²) in [5, 5.41) is 3.03. The van der Waals surface area contributed by atoms with Crippen molar-refractivity contribution in [1.29, 1.82) is 0 Å². The number of nitrogens with one attached hydrogen (secondary N) is 1. The molecule has 2 aromatic carbocycles. The van der Waals surface area contributed by atoms with Crippen LogP contribution in [0.3, 0.4) is 0 Å². The van der Waals surface area contributed by atoms with Crippen molar-refractivity contribution < 1.29 is 9.59 Å². The molecule has 0 spiro atoms. The van der Waals surface area contributed by atoms with Gasteiger partial charge in [-0.15, -0.1) is 0 Å². The molecule has 0 aliphatic heterocycles. The highest BCUT2D eigenvalue weighted by atomic mass is 16.2. The molecule has 2 rings (SSSR count). The number of para-hydroxylation sites is 2. The van der Waals surface area contributed by atoms with Crippen LogP contribution in [0.5, 0.6) is 0 Å². The van der Waals surface area contributed by atoms with Crippen LogP contribution >= 0.6 is 0 Å². The molecule has 0 heterocycles. The van der Waals surface area contributed by atoms with E-state index in [1.807, 2.05) is 48.5 Å². The fraction of sp³-hybridized carbons (Fsp3) is 0.440. The summed E-state index contributed by atoms with van der Waals surface area (Å²) in [6.07, 6.45) is 0.233. The second-order valence-corrected chi connectivity index (χ2v) is 9.53. The van der Waals surface area contributed by atoms with Crippen LogP contribution in [-0.4, -0.2) is 18.4 Å². The second kappa shape index (κ2) is 8.81. The Morgan fingerprint density at radius 3 is 1.90 bits per heavy atom. The van der Waals surface area contributed by atoms with Crippen LogP contribution in [-0.2, 0) is 20.4 Å². The van der Waals surface area contributed by atoms with E-state index < -0.39 is 0 Å². The van der Waals surface area contributed by atoms with Gasteiger partial charge in [0.2, 0.25) is 11.8 Å². The van der Waals surface area contributed by atoms with E-state index in [0.29, 0.717) is 6.54 Å². The Balaban J connectivity index is 2.18. The third-order valence-corrected chi connectivity index (χ3v) is 4.95. The fourth-order valence-electron chi connectivity index (χ4n) is 3.46. The van der Waals surface area contributed by atoms with E-state index in [1.54, 1.807) is 11.8 Å². The van der Waals surface area contributed by atoms with Gasteiger partial charge in [0.25, 0.3) is 0 Å². The summed E-state index contributed by atoms with van der Waals surface area (Å²) in [5.74, 6) is -0.161. The lowest BCUT2D eigenvalue weighted by atomic mass is 9.85. The van der Waals surface area contributed by atoms with Crippen LogP contribution in [0, 0.1) is 0 Å². The molecule has 0 saturated carbocycles. The normalized spacial score (nSPS) is 11.8. The number of carbonyl (C=O) groups excluding carboxylic acids is 2. The van der Waals surface area contributed by atoms with Crippen LogP contribution in [0.4, 0.5) is 11.4 Å². The summed E-state index contributed by atoms with van der Waals surface area (Å²) in [6, 6.07) is 15.8. The molecule has 156 valence electrons. The SMILES string of the molecule is CC(=O)N(CCC(=O)Nc1ccccc1C(C)(C)C)c1ccccc1C(C)(C)C. The molecule has 2 aromatic rings. The van der Waals surface area contributed by atoms with E-state index in [0.717, 1.165) is 22.5 Å². The smallest absolute Gasteiger partial charge is 0.226 e. The van der Waals surface area contributed by atoms with Crippen LogP contribution in [0.2, 0.25) is 0 Å². The van der Waals surface area contributed by atoms with Gasteiger partial charge in [0.05, 0.1) is 0 Å². The summed E-state index contributed by atoms with van der Waals surface area (Å²) >= 11 is 0. The predicted molar refractivity (Wildman–Crippen MR) is 122 cm³/mol. The molecule has 0 bridgehead atoms. The molecule has 2 amide bonds. The molecule has 4 heteroatoms. The van der Waals surface area contributed by atoms with E-state index in [1.165, 1.54) is 0 Å². The Hall–Kier alpha value is -2.62. The maximum Gasteiger partial charge on any atom is 0.226 e. The molecular formula is C25H34N2O2. The Labute approximate surface area is 175 Å². The lowest BCUT2D eigenvalue weighted by Crippen LogP contribution is -2.34. The van der Waals surface area contributed by atoms with Gasteiger partial charge in [0.15, 0.2) is 0 Å². The molecule has 0 radical (unpaired) electrons. The highest BCUT2D eigenvalue weighted by Gasteiger charge is 2.24. The molecule has 29 heavy (non-hydrogen) atoms. The zero-order valence-corrected chi connectivity index (χ0v) is 18.8. The van der Waals surface area contributed by atoms with Crippen LogP contribution in [0.15, 0.2) is 48.5 Å². The number of benzene rings is 2. The highest BCUT2D eigenvalue weighted by Crippen LogP contribution is 2.32. The van der Waals surface area contributed by atoms with Gasteiger partial charge < -0.3 is 10.2 Å². The van der Waals surface area contributed by atoms with Crippen LogP contribution < -0.4 is 10.2 Å². The topological polar surface area (TPSA) is 49.4 Å². The van der Waals surface area contributed by atoms with Gasteiger partial charge in [-0.1, -0.05) is 77.9 Å². The van der Waals surface area contributed by atoms with E-state index in [2.05, 4.69) is 46.9 Å². The van der Waals surface area contributed by atoms with E-state index in [9.17, 15) is 9.59 Å². The lowest BCUT2D eigenvalue weighted by molar-refractivity contribution is -0.117. The molecule has 1 N–H and O–H groups in total. The third kappa shape index (κ3) is 5.93. The van der Waals surface area contributed by atoms with Gasteiger partial charge in [-0.2, -0.15) is 0 Å². The average molecular weight is 395 g/mol. The van der Waals surface area contributed by atoms with Crippen LogP contribution in [0.1, 0.15) is 66.0 Å².